The van der Waals surface area contributed by atoms with Crippen LogP contribution in [0.25, 0.3) is 16.9 Å². The van der Waals surface area contributed by atoms with E-state index in [1.54, 1.807) is 13.0 Å². The number of carbonyl (C=O) groups excluding carboxylic acids is 2. The normalized spacial score (nSPS) is 18.5. The van der Waals surface area contributed by atoms with Gasteiger partial charge in [0.1, 0.15) is 11.5 Å². The van der Waals surface area contributed by atoms with Gasteiger partial charge in [-0.3, -0.25) is 9.59 Å². The quantitative estimate of drug-likeness (QED) is 0.595. The number of rotatable bonds is 4. The Labute approximate surface area is 180 Å². The van der Waals surface area contributed by atoms with Crippen molar-refractivity contribution in [2.75, 3.05) is 11.9 Å². The van der Waals surface area contributed by atoms with Crippen molar-refractivity contribution < 1.29 is 27.2 Å². The summed E-state index contributed by atoms with van der Waals surface area (Å²) in [6, 6.07) is 11.6. The first-order valence-electron chi connectivity index (χ1n) is 9.76. The van der Waals surface area contributed by atoms with Crippen LogP contribution in [0.3, 0.4) is 0 Å². The van der Waals surface area contributed by atoms with E-state index in [0.29, 0.717) is 0 Å². The second kappa shape index (κ2) is 8.10. The first-order valence-corrected chi connectivity index (χ1v) is 9.76. The lowest BCUT2D eigenvalue weighted by Crippen LogP contribution is -2.28. The molecule has 32 heavy (non-hydrogen) atoms. The van der Waals surface area contributed by atoms with Crippen molar-refractivity contribution in [3.63, 3.8) is 0 Å². The molecule has 0 saturated carbocycles. The lowest BCUT2D eigenvalue weighted by atomic mass is 9.97. The average Bonchev–Trinajstić information content (AvgIpc) is 3.31. The van der Waals surface area contributed by atoms with E-state index in [-0.39, 0.29) is 35.2 Å². The van der Waals surface area contributed by atoms with Gasteiger partial charge in [0.15, 0.2) is 5.82 Å². The number of hydrogen-bond donors (Lipinski definition) is 2. The van der Waals surface area contributed by atoms with E-state index < -0.39 is 35.3 Å². The van der Waals surface area contributed by atoms with E-state index in [4.69, 9.17) is 0 Å². The minimum Gasteiger partial charge on any atom is -0.355 e. The highest BCUT2D eigenvalue weighted by molar-refractivity contribution is 5.98. The van der Waals surface area contributed by atoms with Gasteiger partial charge in [0.25, 0.3) is 0 Å². The van der Waals surface area contributed by atoms with E-state index in [1.807, 2.05) is 0 Å². The maximum Gasteiger partial charge on any atom is 0.416 e. The number of nitrogens with zero attached hydrogens (tertiary/aromatic N) is 2. The van der Waals surface area contributed by atoms with Gasteiger partial charge in [0.2, 0.25) is 11.8 Å². The summed E-state index contributed by atoms with van der Waals surface area (Å²) >= 11 is 0. The fourth-order valence-electron chi connectivity index (χ4n) is 3.58. The Morgan fingerprint density at radius 2 is 1.91 bits per heavy atom. The maximum absolute atomic E-state index is 14.5. The number of benzene rings is 2. The Balaban J connectivity index is 1.76. The number of hydrogen-bond acceptors (Lipinski definition) is 3. The van der Waals surface area contributed by atoms with Gasteiger partial charge in [-0.25, -0.2) is 9.07 Å². The van der Waals surface area contributed by atoms with E-state index in [9.17, 15) is 27.2 Å². The van der Waals surface area contributed by atoms with Crippen LogP contribution >= 0.6 is 0 Å². The number of carbonyl (C=O) groups is 2. The van der Waals surface area contributed by atoms with Gasteiger partial charge < -0.3 is 10.6 Å². The minimum atomic E-state index is -4.56. The Morgan fingerprint density at radius 3 is 2.56 bits per heavy atom. The van der Waals surface area contributed by atoms with Crippen LogP contribution in [0.15, 0.2) is 54.6 Å². The molecule has 1 aliphatic heterocycles. The lowest BCUT2D eigenvalue weighted by Gasteiger charge is -2.11. The third-order valence-electron chi connectivity index (χ3n) is 5.38. The molecular formula is C22H18F4N4O2. The number of amides is 2. The Bertz CT molecular complexity index is 1190. The smallest absolute Gasteiger partial charge is 0.355 e. The summed E-state index contributed by atoms with van der Waals surface area (Å²) in [4.78, 5) is 24.3. The fourth-order valence-corrected chi connectivity index (χ4v) is 3.58. The van der Waals surface area contributed by atoms with Crippen LogP contribution in [0.5, 0.6) is 0 Å². The van der Waals surface area contributed by atoms with Gasteiger partial charge in [-0.1, -0.05) is 31.2 Å². The second-order valence-corrected chi connectivity index (χ2v) is 7.49. The van der Waals surface area contributed by atoms with E-state index in [1.165, 1.54) is 36.4 Å². The number of halogens is 4. The molecule has 166 valence electrons. The van der Waals surface area contributed by atoms with Crippen molar-refractivity contribution >= 4 is 17.6 Å². The predicted octanol–water partition coefficient (Wildman–Crippen LogP) is 4.02. The Kier molecular flexibility index (Phi) is 5.45. The third kappa shape index (κ3) is 4.08. The molecule has 1 aliphatic rings. The van der Waals surface area contributed by atoms with E-state index in [0.717, 1.165) is 16.8 Å². The molecule has 2 amide bonds. The molecule has 3 aromatic rings. The molecule has 0 spiro atoms. The number of anilines is 1. The average molecular weight is 446 g/mol. The van der Waals surface area contributed by atoms with Gasteiger partial charge in [-0.2, -0.15) is 13.2 Å². The Hall–Kier alpha value is -3.69. The summed E-state index contributed by atoms with van der Waals surface area (Å²) in [7, 11) is 0. The molecule has 2 N–H and O–H groups in total. The largest absolute Gasteiger partial charge is 0.416 e. The first kappa shape index (κ1) is 21.5. The molecule has 2 aromatic carbocycles. The Morgan fingerprint density at radius 1 is 1.16 bits per heavy atom. The van der Waals surface area contributed by atoms with Gasteiger partial charge in [0.05, 0.1) is 17.2 Å². The van der Waals surface area contributed by atoms with Gasteiger partial charge in [-0.15, -0.1) is 5.10 Å². The molecular weight excluding hydrogens is 428 g/mol. The van der Waals surface area contributed by atoms with Crippen LogP contribution in [0.4, 0.5) is 23.4 Å². The summed E-state index contributed by atoms with van der Waals surface area (Å²) in [5.74, 6) is -2.49. The molecule has 2 heterocycles. The zero-order valence-corrected chi connectivity index (χ0v) is 16.8. The maximum atomic E-state index is 14.5. The minimum absolute atomic E-state index is 0.00601. The highest BCUT2D eigenvalue weighted by atomic mass is 19.4. The van der Waals surface area contributed by atoms with Gasteiger partial charge in [-0.05, 0) is 24.3 Å². The summed E-state index contributed by atoms with van der Waals surface area (Å²) in [5.41, 5.74) is -0.565. The van der Waals surface area contributed by atoms with Crippen LogP contribution in [-0.4, -0.2) is 28.1 Å². The molecule has 10 heteroatoms. The topological polar surface area (TPSA) is 76.0 Å². The van der Waals surface area contributed by atoms with Crippen molar-refractivity contribution in [2.45, 2.75) is 13.1 Å². The molecule has 6 nitrogen and oxygen atoms in total. The first-order chi connectivity index (χ1) is 15.1. The summed E-state index contributed by atoms with van der Waals surface area (Å²) in [6.45, 7) is 1.79. The van der Waals surface area contributed by atoms with Crippen molar-refractivity contribution in [3.8, 4) is 16.9 Å². The van der Waals surface area contributed by atoms with E-state index >= 15 is 0 Å². The molecule has 4 rings (SSSR count). The zero-order chi connectivity index (χ0) is 23.0. The number of aromatic nitrogens is 2. The van der Waals surface area contributed by atoms with Crippen LogP contribution in [0.2, 0.25) is 0 Å². The molecule has 0 aliphatic carbocycles. The summed E-state index contributed by atoms with van der Waals surface area (Å²) in [5, 5.41) is 9.42. The highest BCUT2D eigenvalue weighted by Gasteiger charge is 2.36. The molecule has 1 aromatic heterocycles. The van der Waals surface area contributed by atoms with Crippen molar-refractivity contribution in [1.82, 2.24) is 15.1 Å². The van der Waals surface area contributed by atoms with Crippen molar-refractivity contribution in [2.24, 2.45) is 11.8 Å². The predicted molar refractivity (Wildman–Crippen MR) is 108 cm³/mol. The van der Waals surface area contributed by atoms with Crippen molar-refractivity contribution in [3.05, 3.63) is 66.0 Å². The van der Waals surface area contributed by atoms with Gasteiger partial charge in [0, 0.05) is 24.1 Å². The monoisotopic (exact) mass is 446 g/mol. The molecule has 2 atom stereocenters. The molecule has 1 fully saturated rings. The summed E-state index contributed by atoms with van der Waals surface area (Å²) in [6.07, 6.45) is -4.56. The number of nitrogens with one attached hydrogen (secondary N) is 2. The SMILES string of the molecule is CC1C(=O)NC[C@@H]1C(=O)Nc1cc(-c2cccc(C(F)(F)F)c2)n(-c2ccccc2F)n1. The molecule has 0 radical (unpaired) electrons. The van der Waals surface area contributed by atoms with E-state index in [2.05, 4.69) is 15.7 Å². The molecule has 1 saturated heterocycles. The molecule has 0 bridgehead atoms. The van der Waals surface area contributed by atoms with Crippen LogP contribution < -0.4 is 10.6 Å². The van der Waals surface area contributed by atoms with Crippen LogP contribution in [0, 0.1) is 17.7 Å². The molecule has 1 unspecified atom stereocenters. The van der Waals surface area contributed by atoms with Gasteiger partial charge >= 0.3 is 6.18 Å². The lowest BCUT2D eigenvalue weighted by molar-refractivity contribution is -0.137. The number of para-hydroxylation sites is 1. The highest BCUT2D eigenvalue weighted by Crippen LogP contribution is 2.34. The fraction of sp³-hybridized carbons (Fsp3) is 0.227. The number of alkyl halides is 3. The van der Waals surface area contributed by atoms with Crippen LogP contribution in [0.1, 0.15) is 12.5 Å². The second-order valence-electron chi connectivity index (χ2n) is 7.49. The standard InChI is InChI=1S/C22H18F4N4O2/c1-12-15(11-27-20(12)31)21(32)28-19-10-18(13-5-4-6-14(9-13)22(24,25)26)30(29-19)17-8-3-2-7-16(17)23/h2-10,12,15H,11H2,1H3,(H,27,31)(H,28,29,32)/t12?,15-/m0/s1. The van der Waals surface area contributed by atoms with Crippen LogP contribution in [-0.2, 0) is 15.8 Å². The van der Waals surface area contributed by atoms with Crippen molar-refractivity contribution in [1.29, 1.82) is 0 Å². The zero-order valence-electron chi connectivity index (χ0n) is 16.8. The summed E-state index contributed by atoms with van der Waals surface area (Å²) < 4.78 is 55.3. The third-order valence-corrected chi connectivity index (χ3v) is 5.38.